The number of aromatic nitrogens is 3. The van der Waals surface area contributed by atoms with Crippen LogP contribution >= 0.6 is 0 Å². The lowest BCUT2D eigenvalue weighted by Crippen LogP contribution is -2.22. The van der Waals surface area contributed by atoms with Gasteiger partial charge in [-0.2, -0.15) is 5.10 Å². The maximum atomic E-state index is 11.4. The van der Waals surface area contributed by atoms with Crippen molar-refractivity contribution in [1.82, 2.24) is 15.2 Å². The molecule has 20 heavy (non-hydrogen) atoms. The molecule has 0 unspecified atom stereocenters. The third-order valence-electron chi connectivity index (χ3n) is 2.12. The first-order valence-electron chi connectivity index (χ1n) is 5.39. The van der Waals surface area contributed by atoms with Gasteiger partial charge in [-0.25, -0.2) is 10.2 Å². The number of anilines is 1. The Balaban J connectivity index is 2.90. The van der Waals surface area contributed by atoms with E-state index in [0.29, 0.717) is 0 Å². The first kappa shape index (κ1) is 15.3. The molecule has 0 fully saturated rings. The Kier molecular flexibility index (Phi) is 5.32. The normalized spacial score (nSPS) is 10.8. The fourth-order valence-electron chi connectivity index (χ4n) is 1.05. The van der Waals surface area contributed by atoms with Crippen LogP contribution < -0.4 is 11.0 Å². The predicted molar refractivity (Wildman–Crippen MR) is 67.1 cm³/mol. The number of rotatable bonds is 5. The maximum Gasteiger partial charge on any atom is 0.354 e. The first-order valence-corrected chi connectivity index (χ1v) is 5.39. The van der Waals surface area contributed by atoms with Crippen LogP contribution in [-0.4, -0.2) is 47.1 Å². The van der Waals surface area contributed by atoms with Crippen molar-refractivity contribution in [3.63, 3.8) is 0 Å². The molecule has 1 heterocycles. The molecule has 1 rings (SSSR count). The Hall–Kier alpha value is -2.78. The molecule has 0 radical (unpaired) electrons. The summed E-state index contributed by atoms with van der Waals surface area (Å²) in [6.07, 6.45) is -0.389. The standard InChI is InChI=1S/C10H13N5O5/c1-5-8(17)11-10(14-12-5)15-13-6(9(18)20-3)4-7(16)19-2/h4H2,1-3H3,(H2,11,14,15,17)/b13-6+. The molecule has 0 bridgehead atoms. The van der Waals surface area contributed by atoms with E-state index in [2.05, 4.69) is 35.2 Å². The lowest BCUT2D eigenvalue weighted by atomic mass is 10.3. The van der Waals surface area contributed by atoms with E-state index in [0.717, 1.165) is 7.11 Å². The largest absolute Gasteiger partial charge is 0.469 e. The topological polar surface area (TPSA) is 136 Å². The summed E-state index contributed by atoms with van der Waals surface area (Å²) in [5.41, 5.74) is 1.80. The number of hydrogen-bond acceptors (Lipinski definition) is 9. The van der Waals surface area contributed by atoms with Crippen molar-refractivity contribution in [3.05, 3.63) is 16.0 Å². The van der Waals surface area contributed by atoms with E-state index >= 15 is 0 Å². The third kappa shape index (κ3) is 4.15. The summed E-state index contributed by atoms with van der Waals surface area (Å²) in [5, 5.41) is 10.8. The fourth-order valence-corrected chi connectivity index (χ4v) is 1.05. The molecule has 1 aromatic heterocycles. The zero-order valence-corrected chi connectivity index (χ0v) is 11.1. The average molecular weight is 283 g/mol. The van der Waals surface area contributed by atoms with E-state index in [4.69, 9.17) is 0 Å². The minimum Gasteiger partial charge on any atom is -0.469 e. The Labute approximate surface area is 113 Å². The quantitative estimate of drug-likeness (QED) is 0.398. The second-order valence-corrected chi connectivity index (χ2v) is 3.50. The van der Waals surface area contributed by atoms with E-state index in [1.54, 1.807) is 0 Å². The van der Waals surface area contributed by atoms with Crippen LogP contribution in [0.15, 0.2) is 9.90 Å². The van der Waals surface area contributed by atoms with Crippen LogP contribution in [-0.2, 0) is 19.1 Å². The monoisotopic (exact) mass is 283 g/mol. The number of aromatic amines is 1. The van der Waals surface area contributed by atoms with E-state index in [-0.39, 0.29) is 23.8 Å². The highest BCUT2D eigenvalue weighted by molar-refractivity contribution is 6.39. The number of hydrazone groups is 1. The lowest BCUT2D eigenvalue weighted by molar-refractivity contribution is -0.140. The van der Waals surface area contributed by atoms with Crippen LogP contribution in [0.2, 0.25) is 0 Å². The van der Waals surface area contributed by atoms with Crippen molar-refractivity contribution in [2.75, 3.05) is 19.6 Å². The van der Waals surface area contributed by atoms with Crippen molar-refractivity contribution in [1.29, 1.82) is 0 Å². The van der Waals surface area contributed by atoms with Gasteiger partial charge in [-0.3, -0.25) is 14.6 Å². The van der Waals surface area contributed by atoms with Crippen molar-refractivity contribution < 1.29 is 19.1 Å². The molecule has 0 saturated heterocycles. The second-order valence-electron chi connectivity index (χ2n) is 3.50. The van der Waals surface area contributed by atoms with Crippen molar-refractivity contribution in [2.24, 2.45) is 5.10 Å². The van der Waals surface area contributed by atoms with Gasteiger partial charge in [0.2, 0.25) is 5.95 Å². The van der Waals surface area contributed by atoms with Crippen LogP contribution in [0.4, 0.5) is 5.95 Å². The molecule has 108 valence electrons. The van der Waals surface area contributed by atoms with Gasteiger partial charge < -0.3 is 9.47 Å². The molecule has 10 heteroatoms. The molecule has 0 aliphatic rings. The molecule has 0 aliphatic heterocycles. The van der Waals surface area contributed by atoms with Gasteiger partial charge in [0.15, 0.2) is 5.71 Å². The predicted octanol–water partition coefficient (Wildman–Crippen LogP) is -1.02. The Morgan fingerprint density at radius 1 is 1.30 bits per heavy atom. The van der Waals surface area contributed by atoms with E-state index in [1.165, 1.54) is 14.0 Å². The summed E-state index contributed by atoms with van der Waals surface area (Å²) < 4.78 is 8.88. The Bertz CT molecular complexity index is 594. The smallest absolute Gasteiger partial charge is 0.354 e. The summed E-state index contributed by atoms with van der Waals surface area (Å²) in [7, 11) is 2.32. The SMILES string of the molecule is COC(=O)C/C(=N\Nc1nnc(C)c(=O)[nH]1)C(=O)OC. The molecular weight excluding hydrogens is 270 g/mol. The number of carbonyl (C=O) groups is 2. The van der Waals surface area contributed by atoms with Crippen LogP contribution in [0.5, 0.6) is 0 Å². The number of hydrogen-bond donors (Lipinski definition) is 2. The molecule has 0 amide bonds. The highest BCUT2D eigenvalue weighted by atomic mass is 16.5. The molecular formula is C10H13N5O5. The molecule has 0 saturated carbocycles. The van der Waals surface area contributed by atoms with Gasteiger partial charge in [0.25, 0.3) is 5.56 Å². The summed E-state index contributed by atoms with van der Waals surface area (Å²) in [6, 6.07) is 0. The molecule has 0 atom stereocenters. The van der Waals surface area contributed by atoms with Gasteiger partial charge >= 0.3 is 11.9 Å². The van der Waals surface area contributed by atoms with Crippen molar-refractivity contribution >= 4 is 23.6 Å². The maximum absolute atomic E-state index is 11.4. The number of ether oxygens (including phenoxy) is 2. The lowest BCUT2D eigenvalue weighted by Gasteiger charge is -2.04. The van der Waals surface area contributed by atoms with Gasteiger partial charge in [-0.15, -0.1) is 10.2 Å². The molecule has 2 N–H and O–H groups in total. The summed E-state index contributed by atoms with van der Waals surface area (Å²) in [6.45, 7) is 1.48. The van der Waals surface area contributed by atoms with Crippen LogP contribution in [0.25, 0.3) is 0 Å². The molecule has 1 aromatic rings. The molecule has 0 spiro atoms. The number of aryl methyl sites for hydroxylation is 1. The molecule has 0 aromatic carbocycles. The van der Waals surface area contributed by atoms with Crippen molar-refractivity contribution in [3.8, 4) is 0 Å². The minimum atomic E-state index is -0.815. The average Bonchev–Trinajstić information content (AvgIpc) is 2.45. The third-order valence-corrected chi connectivity index (χ3v) is 2.12. The van der Waals surface area contributed by atoms with Crippen molar-refractivity contribution in [2.45, 2.75) is 13.3 Å². The zero-order valence-electron chi connectivity index (χ0n) is 11.1. The van der Waals surface area contributed by atoms with Crippen LogP contribution in [0, 0.1) is 6.92 Å². The number of methoxy groups -OCH3 is 2. The zero-order chi connectivity index (χ0) is 15.1. The Morgan fingerprint density at radius 2 is 2.00 bits per heavy atom. The van der Waals surface area contributed by atoms with Gasteiger partial charge in [-0.1, -0.05) is 0 Å². The van der Waals surface area contributed by atoms with Crippen LogP contribution in [0.1, 0.15) is 12.1 Å². The van der Waals surface area contributed by atoms with E-state index in [1.807, 2.05) is 0 Å². The summed E-state index contributed by atoms with van der Waals surface area (Å²) >= 11 is 0. The number of esters is 2. The van der Waals surface area contributed by atoms with Crippen LogP contribution in [0.3, 0.4) is 0 Å². The Morgan fingerprint density at radius 3 is 2.55 bits per heavy atom. The summed E-state index contributed by atoms with van der Waals surface area (Å²) in [5.74, 6) is -1.56. The minimum absolute atomic E-state index is 0.0770. The summed E-state index contributed by atoms with van der Waals surface area (Å²) in [4.78, 5) is 36.2. The molecule has 10 nitrogen and oxygen atoms in total. The number of nitrogens with one attached hydrogen (secondary N) is 2. The van der Waals surface area contributed by atoms with Gasteiger partial charge in [0.1, 0.15) is 5.69 Å². The highest BCUT2D eigenvalue weighted by Gasteiger charge is 2.17. The number of nitrogens with zero attached hydrogens (tertiary/aromatic N) is 3. The number of carbonyl (C=O) groups excluding carboxylic acids is 2. The van der Waals surface area contributed by atoms with E-state index < -0.39 is 17.5 Å². The highest BCUT2D eigenvalue weighted by Crippen LogP contribution is 1.97. The molecule has 0 aliphatic carbocycles. The fraction of sp³-hybridized carbons (Fsp3) is 0.400. The van der Waals surface area contributed by atoms with Gasteiger partial charge in [-0.05, 0) is 6.92 Å². The first-order chi connectivity index (χ1) is 9.47. The van der Waals surface area contributed by atoms with E-state index in [9.17, 15) is 14.4 Å². The van der Waals surface area contributed by atoms with Gasteiger partial charge in [0.05, 0.1) is 20.6 Å². The van der Waals surface area contributed by atoms with Gasteiger partial charge in [0, 0.05) is 0 Å². The second kappa shape index (κ2) is 6.97. The number of H-pyrrole nitrogens is 1.